The molecule has 0 radical (unpaired) electrons. The first-order chi connectivity index (χ1) is 6.25. The highest BCUT2D eigenvalue weighted by molar-refractivity contribution is 5.77. The Labute approximate surface area is 73.0 Å². The van der Waals surface area contributed by atoms with Gasteiger partial charge in [-0.3, -0.25) is 0 Å². The van der Waals surface area contributed by atoms with Crippen molar-refractivity contribution in [2.45, 2.75) is 0 Å². The number of nitrogens with zero attached hydrogens (tertiary/aromatic N) is 1. The summed E-state index contributed by atoms with van der Waals surface area (Å²) in [5.74, 6) is 0.270. The summed E-state index contributed by atoms with van der Waals surface area (Å²) < 4.78 is 4.45. The number of hydrogen-bond donors (Lipinski definition) is 2. The molecule has 0 aliphatic heterocycles. The first-order valence-corrected chi connectivity index (χ1v) is 3.59. The van der Waals surface area contributed by atoms with E-state index in [9.17, 15) is 4.79 Å². The number of benzene rings is 1. The molecular formula is C8H6N2O3. The van der Waals surface area contributed by atoms with Gasteiger partial charge >= 0.3 is 6.16 Å². The van der Waals surface area contributed by atoms with Gasteiger partial charge < -0.3 is 14.8 Å². The molecule has 0 spiro atoms. The maximum atomic E-state index is 10.2. The Morgan fingerprint density at radius 3 is 3.15 bits per heavy atom. The molecule has 0 aliphatic rings. The van der Waals surface area contributed by atoms with Gasteiger partial charge in [-0.1, -0.05) is 0 Å². The Hall–Kier alpha value is -2.04. The van der Waals surface area contributed by atoms with Crippen LogP contribution in [0.25, 0.3) is 11.0 Å². The zero-order chi connectivity index (χ0) is 9.26. The lowest BCUT2D eigenvalue weighted by Crippen LogP contribution is -2.02. The van der Waals surface area contributed by atoms with Crippen molar-refractivity contribution < 1.29 is 14.6 Å². The first-order valence-electron chi connectivity index (χ1n) is 3.59. The molecule has 1 aromatic carbocycles. The van der Waals surface area contributed by atoms with Gasteiger partial charge in [0.25, 0.3) is 0 Å². The Morgan fingerprint density at radius 2 is 2.38 bits per heavy atom. The summed E-state index contributed by atoms with van der Waals surface area (Å²) in [5, 5.41) is 8.34. The van der Waals surface area contributed by atoms with Crippen molar-refractivity contribution in [1.29, 1.82) is 0 Å². The number of carbonyl (C=O) groups is 1. The minimum absolute atomic E-state index is 0.270. The van der Waals surface area contributed by atoms with Crippen LogP contribution in [0, 0.1) is 0 Å². The number of ether oxygens (including phenoxy) is 1. The fourth-order valence-corrected chi connectivity index (χ4v) is 1.08. The van der Waals surface area contributed by atoms with Crippen LogP contribution in [0.3, 0.4) is 0 Å². The van der Waals surface area contributed by atoms with E-state index < -0.39 is 6.16 Å². The number of carboxylic acid groups (broad SMARTS) is 1. The molecule has 2 aromatic rings. The molecule has 1 aromatic heterocycles. The number of hydrogen-bond acceptors (Lipinski definition) is 3. The lowest BCUT2D eigenvalue weighted by atomic mass is 10.3. The average Bonchev–Trinajstić information content (AvgIpc) is 2.49. The van der Waals surface area contributed by atoms with E-state index in [0.29, 0.717) is 5.52 Å². The predicted octanol–water partition coefficient (Wildman–Crippen LogP) is 1.62. The molecule has 13 heavy (non-hydrogen) atoms. The molecule has 5 nitrogen and oxygen atoms in total. The molecule has 0 unspecified atom stereocenters. The van der Waals surface area contributed by atoms with Crippen LogP contribution in [-0.2, 0) is 0 Å². The highest BCUT2D eigenvalue weighted by atomic mass is 16.7. The first kappa shape index (κ1) is 7.60. The second-order valence-corrected chi connectivity index (χ2v) is 2.45. The van der Waals surface area contributed by atoms with E-state index >= 15 is 0 Å². The van der Waals surface area contributed by atoms with Crippen molar-refractivity contribution in [2.75, 3.05) is 0 Å². The molecule has 66 valence electrons. The van der Waals surface area contributed by atoms with Gasteiger partial charge in [0.1, 0.15) is 5.75 Å². The Morgan fingerprint density at radius 1 is 1.54 bits per heavy atom. The van der Waals surface area contributed by atoms with Crippen molar-refractivity contribution in [3.05, 3.63) is 24.5 Å². The number of fused-ring (bicyclic) bond motifs is 1. The molecule has 0 saturated heterocycles. The van der Waals surface area contributed by atoms with Crippen LogP contribution in [-0.4, -0.2) is 21.2 Å². The molecule has 0 atom stereocenters. The summed E-state index contributed by atoms with van der Waals surface area (Å²) in [5.41, 5.74) is 1.52. The molecule has 1 heterocycles. The molecule has 0 bridgehead atoms. The van der Waals surface area contributed by atoms with Gasteiger partial charge in [0, 0.05) is 6.07 Å². The van der Waals surface area contributed by atoms with Gasteiger partial charge in [-0.05, 0) is 12.1 Å². The minimum Gasteiger partial charge on any atom is -0.449 e. The topological polar surface area (TPSA) is 75.2 Å². The quantitative estimate of drug-likeness (QED) is 0.514. The third-order valence-corrected chi connectivity index (χ3v) is 1.60. The van der Waals surface area contributed by atoms with Gasteiger partial charge in [0.2, 0.25) is 0 Å². The smallest absolute Gasteiger partial charge is 0.449 e. The van der Waals surface area contributed by atoms with Crippen molar-refractivity contribution in [1.82, 2.24) is 9.97 Å². The van der Waals surface area contributed by atoms with E-state index in [4.69, 9.17) is 5.11 Å². The zero-order valence-electron chi connectivity index (χ0n) is 6.52. The fraction of sp³-hybridized carbons (Fsp3) is 0. The molecule has 0 saturated carbocycles. The van der Waals surface area contributed by atoms with Crippen LogP contribution in [0.1, 0.15) is 0 Å². The second-order valence-electron chi connectivity index (χ2n) is 2.45. The van der Waals surface area contributed by atoms with E-state index in [-0.39, 0.29) is 5.75 Å². The van der Waals surface area contributed by atoms with Gasteiger partial charge in [-0.15, -0.1) is 0 Å². The Balaban J connectivity index is 2.42. The predicted molar refractivity (Wildman–Crippen MR) is 44.7 cm³/mol. The van der Waals surface area contributed by atoms with Crippen LogP contribution in [0.5, 0.6) is 5.75 Å². The third-order valence-electron chi connectivity index (χ3n) is 1.60. The van der Waals surface area contributed by atoms with E-state index in [2.05, 4.69) is 14.7 Å². The maximum absolute atomic E-state index is 10.2. The highest BCUT2D eigenvalue weighted by Gasteiger charge is 2.02. The summed E-state index contributed by atoms with van der Waals surface area (Å²) >= 11 is 0. The standard InChI is InChI=1S/C8H6N2O3/c11-8(12)13-5-1-2-6-7(3-5)10-4-9-6/h1-4H,(H,9,10)(H,11,12). The molecule has 5 heteroatoms. The third kappa shape index (κ3) is 1.44. The number of aromatic nitrogens is 2. The van der Waals surface area contributed by atoms with E-state index in [1.807, 2.05) is 0 Å². The van der Waals surface area contributed by atoms with Crippen LogP contribution in [0.4, 0.5) is 4.79 Å². The SMILES string of the molecule is O=C(O)Oc1ccc2[nH]cnc2c1. The molecular weight excluding hydrogens is 172 g/mol. The number of nitrogens with one attached hydrogen (secondary N) is 1. The van der Waals surface area contributed by atoms with Crippen molar-refractivity contribution in [3.8, 4) is 5.75 Å². The fourth-order valence-electron chi connectivity index (χ4n) is 1.08. The van der Waals surface area contributed by atoms with Crippen molar-refractivity contribution >= 4 is 17.2 Å². The number of H-pyrrole nitrogens is 1. The van der Waals surface area contributed by atoms with E-state index in [0.717, 1.165) is 5.52 Å². The lowest BCUT2D eigenvalue weighted by molar-refractivity contribution is 0.144. The molecule has 0 aliphatic carbocycles. The molecule has 0 amide bonds. The largest absolute Gasteiger partial charge is 0.511 e. The van der Waals surface area contributed by atoms with Gasteiger partial charge in [0.05, 0.1) is 17.4 Å². The minimum atomic E-state index is -1.32. The number of aromatic amines is 1. The van der Waals surface area contributed by atoms with Crippen molar-refractivity contribution in [2.24, 2.45) is 0 Å². The second kappa shape index (κ2) is 2.78. The number of rotatable bonds is 1. The highest BCUT2D eigenvalue weighted by Crippen LogP contribution is 2.17. The summed E-state index contributed by atoms with van der Waals surface area (Å²) in [4.78, 5) is 17.0. The summed E-state index contributed by atoms with van der Waals surface area (Å²) in [6, 6.07) is 4.83. The molecule has 2 rings (SSSR count). The van der Waals surface area contributed by atoms with Crippen LogP contribution >= 0.6 is 0 Å². The van der Waals surface area contributed by atoms with Crippen LogP contribution < -0.4 is 4.74 Å². The molecule has 0 fully saturated rings. The Kier molecular flexibility index (Phi) is 1.63. The normalized spacial score (nSPS) is 10.2. The van der Waals surface area contributed by atoms with Gasteiger partial charge in [0.15, 0.2) is 0 Å². The molecule has 2 N–H and O–H groups in total. The maximum Gasteiger partial charge on any atom is 0.511 e. The lowest BCUT2D eigenvalue weighted by Gasteiger charge is -1.97. The van der Waals surface area contributed by atoms with E-state index in [1.165, 1.54) is 6.33 Å². The summed E-state index contributed by atoms with van der Waals surface area (Å²) in [6.07, 6.45) is 0.213. The Bertz CT molecular complexity index is 449. The monoisotopic (exact) mass is 178 g/mol. The van der Waals surface area contributed by atoms with E-state index in [1.54, 1.807) is 18.2 Å². The zero-order valence-corrected chi connectivity index (χ0v) is 6.52. The summed E-state index contributed by atoms with van der Waals surface area (Å²) in [7, 11) is 0. The summed E-state index contributed by atoms with van der Waals surface area (Å²) in [6.45, 7) is 0. The van der Waals surface area contributed by atoms with Crippen molar-refractivity contribution in [3.63, 3.8) is 0 Å². The number of imidazole rings is 1. The van der Waals surface area contributed by atoms with Gasteiger partial charge in [-0.25, -0.2) is 9.78 Å². The van der Waals surface area contributed by atoms with Gasteiger partial charge in [-0.2, -0.15) is 0 Å². The van der Waals surface area contributed by atoms with Crippen LogP contribution in [0.15, 0.2) is 24.5 Å². The average molecular weight is 178 g/mol. The van der Waals surface area contributed by atoms with Crippen LogP contribution in [0.2, 0.25) is 0 Å².